The Morgan fingerprint density at radius 2 is 2.33 bits per heavy atom. The smallest absolute Gasteiger partial charge is 0.407 e. The van der Waals surface area contributed by atoms with Crippen molar-refractivity contribution < 1.29 is 13.9 Å². The molecule has 0 bridgehead atoms. The highest BCUT2D eigenvalue weighted by atomic mass is 79.9. The monoisotopic (exact) mass is 273 g/mol. The maximum Gasteiger partial charge on any atom is 0.407 e. The van der Waals surface area contributed by atoms with Crippen molar-refractivity contribution >= 4 is 22.0 Å². The van der Waals surface area contributed by atoms with Crippen LogP contribution < -0.4 is 5.32 Å². The number of nitrogens with one attached hydrogen (secondary N) is 1. The number of carbonyl (C=O) groups excluding carboxylic acids is 1. The molecule has 1 aromatic carbocycles. The van der Waals surface area contributed by atoms with E-state index in [9.17, 15) is 9.18 Å². The number of ether oxygens (including phenoxy) is 1. The molecule has 1 saturated heterocycles. The predicted octanol–water partition coefficient (Wildman–Crippen LogP) is 2.76. The molecule has 3 nitrogen and oxygen atoms in total. The Kier molecular flexibility index (Phi) is 2.90. The summed E-state index contributed by atoms with van der Waals surface area (Å²) in [4.78, 5) is 11.0. The van der Waals surface area contributed by atoms with Gasteiger partial charge in [0.1, 0.15) is 5.82 Å². The lowest BCUT2D eigenvalue weighted by Gasteiger charge is -2.24. The summed E-state index contributed by atoms with van der Waals surface area (Å²) in [5, 5.41) is 2.64. The highest BCUT2D eigenvalue weighted by Gasteiger charge is 2.22. The lowest BCUT2D eigenvalue weighted by Crippen LogP contribution is -2.35. The highest BCUT2D eigenvalue weighted by molar-refractivity contribution is 9.10. The summed E-state index contributed by atoms with van der Waals surface area (Å²) >= 11 is 3.33. The molecular formula is C10H9BrFNO2. The average molecular weight is 274 g/mol. The standard InChI is InChI=1S/C10H9BrFNO2/c11-8-2-1-6(12)5-7(8)9-3-4-15-10(14)13-9/h1-2,5,9H,3-4H2,(H,13,14)/t9-/m1/s1. The van der Waals surface area contributed by atoms with Gasteiger partial charge in [0.2, 0.25) is 0 Å². The molecule has 1 aliphatic heterocycles. The van der Waals surface area contributed by atoms with Gasteiger partial charge < -0.3 is 10.1 Å². The Morgan fingerprint density at radius 3 is 3.07 bits per heavy atom. The van der Waals surface area contributed by atoms with Gasteiger partial charge in [-0.3, -0.25) is 0 Å². The van der Waals surface area contributed by atoms with Crippen molar-refractivity contribution in [2.24, 2.45) is 0 Å². The minimum atomic E-state index is -0.456. The minimum Gasteiger partial charge on any atom is -0.449 e. The number of rotatable bonds is 1. The summed E-state index contributed by atoms with van der Waals surface area (Å²) in [6.45, 7) is 0.361. The molecule has 2 rings (SSSR count). The Bertz CT molecular complexity index is 397. The van der Waals surface area contributed by atoms with Crippen LogP contribution in [0.15, 0.2) is 22.7 Å². The van der Waals surface area contributed by atoms with Gasteiger partial charge in [-0.1, -0.05) is 15.9 Å². The van der Waals surface area contributed by atoms with Gasteiger partial charge >= 0.3 is 6.09 Å². The van der Waals surface area contributed by atoms with Crippen LogP contribution in [-0.4, -0.2) is 12.7 Å². The zero-order valence-electron chi connectivity index (χ0n) is 7.80. The number of hydrogen-bond donors (Lipinski definition) is 1. The van der Waals surface area contributed by atoms with E-state index in [4.69, 9.17) is 4.74 Å². The first-order valence-corrected chi connectivity index (χ1v) is 5.34. The van der Waals surface area contributed by atoms with Gasteiger partial charge in [0.05, 0.1) is 12.6 Å². The second-order valence-corrected chi connectivity index (χ2v) is 4.14. The molecule has 0 radical (unpaired) electrons. The van der Waals surface area contributed by atoms with E-state index in [0.717, 1.165) is 10.0 Å². The zero-order valence-corrected chi connectivity index (χ0v) is 9.38. The molecule has 1 aromatic rings. The number of benzene rings is 1. The van der Waals surface area contributed by atoms with Crippen LogP contribution in [0.2, 0.25) is 0 Å². The maximum atomic E-state index is 13.0. The molecule has 1 N–H and O–H groups in total. The second kappa shape index (κ2) is 4.18. The predicted molar refractivity (Wildman–Crippen MR) is 55.9 cm³/mol. The minimum absolute atomic E-state index is 0.184. The molecule has 80 valence electrons. The van der Waals surface area contributed by atoms with Crippen molar-refractivity contribution in [2.75, 3.05) is 6.61 Å². The van der Waals surface area contributed by atoms with E-state index in [1.807, 2.05) is 0 Å². The molecule has 0 saturated carbocycles. The van der Waals surface area contributed by atoms with Gasteiger partial charge in [-0.15, -0.1) is 0 Å². The number of carbonyl (C=O) groups is 1. The molecule has 1 fully saturated rings. The van der Waals surface area contributed by atoms with Crippen molar-refractivity contribution in [1.29, 1.82) is 0 Å². The molecule has 0 aromatic heterocycles. The topological polar surface area (TPSA) is 38.3 Å². The van der Waals surface area contributed by atoms with Crippen molar-refractivity contribution in [2.45, 2.75) is 12.5 Å². The molecule has 1 atom stereocenters. The van der Waals surface area contributed by atoms with E-state index in [0.29, 0.717) is 13.0 Å². The lowest BCUT2D eigenvalue weighted by molar-refractivity contribution is 0.115. The van der Waals surface area contributed by atoms with E-state index in [1.54, 1.807) is 6.07 Å². The van der Waals surface area contributed by atoms with Gasteiger partial charge in [-0.25, -0.2) is 9.18 Å². The zero-order chi connectivity index (χ0) is 10.8. The van der Waals surface area contributed by atoms with Crippen molar-refractivity contribution in [3.63, 3.8) is 0 Å². The fourth-order valence-corrected chi connectivity index (χ4v) is 2.06. The van der Waals surface area contributed by atoms with Crippen LogP contribution in [0.4, 0.5) is 9.18 Å². The Hall–Kier alpha value is -1.10. The Labute approximate surface area is 94.7 Å². The van der Waals surface area contributed by atoms with E-state index >= 15 is 0 Å². The lowest BCUT2D eigenvalue weighted by atomic mass is 10.0. The molecular weight excluding hydrogens is 265 g/mol. The summed E-state index contributed by atoms with van der Waals surface area (Å²) in [6.07, 6.45) is 0.191. The van der Waals surface area contributed by atoms with E-state index in [2.05, 4.69) is 21.2 Å². The summed E-state index contributed by atoms with van der Waals surface area (Å²) in [7, 11) is 0. The van der Waals surface area contributed by atoms with Crippen LogP contribution in [0.5, 0.6) is 0 Å². The molecule has 1 aliphatic rings. The van der Waals surface area contributed by atoms with Crippen LogP contribution in [0.25, 0.3) is 0 Å². The van der Waals surface area contributed by atoms with E-state index in [-0.39, 0.29) is 11.9 Å². The molecule has 1 amide bonds. The fraction of sp³-hybridized carbons (Fsp3) is 0.300. The first-order chi connectivity index (χ1) is 7.16. The summed E-state index contributed by atoms with van der Waals surface area (Å²) in [5.74, 6) is -0.311. The molecule has 0 spiro atoms. The largest absolute Gasteiger partial charge is 0.449 e. The summed E-state index contributed by atoms with van der Waals surface area (Å²) in [6, 6.07) is 4.23. The van der Waals surface area contributed by atoms with Crippen LogP contribution in [0, 0.1) is 5.82 Å². The second-order valence-electron chi connectivity index (χ2n) is 3.29. The van der Waals surface area contributed by atoms with Gasteiger partial charge in [0, 0.05) is 10.9 Å². The number of amides is 1. The highest BCUT2D eigenvalue weighted by Crippen LogP contribution is 2.28. The third-order valence-electron chi connectivity index (χ3n) is 2.27. The first kappa shape index (κ1) is 10.4. The molecule has 0 aliphatic carbocycles. The fourth-order valence-electron chi connectivity index (χ4n) is 1.54. The van der Waals surface area contributed by atoms with Crippen molar-refractivity contribution in [3.05, 3.63) is 34.1 Å². The SMILES string of the molecule is O=C1N[C@@H](c2cc(F)ccc2Br)CCO1. The average Bonchev–Trinajstić information content (AvgIpc) is 2.22. The van der Waals surface area contributed by atoms with Crippen LogP contribution >= 0.6 is 15.9 Å². The maximum absolute atomic E-state index is 13.0. The van der Waals surface area contributed by atoms with Gasteiger partial charge in [0.15, 0.2) is 0 Å². The van der Waals surface area contributed by atoms with Crippen LogP contribution in [0.1, 0.15) is 18.0 Å². The normalized spacial score (nSPS) is 20.7. The number of hydrogen-bond acceptors (Lipinski definition) is 2. The third-order valence-corrected chi connectivity index (χ3v) is 2.99. The number of halogens is 2. The van der Waals surface area contributed by atoms with Gasteiger partial charge in [0.25, 0.3) is 0 Å². The molecule has 1 heterocycles. The van der Waals surface area contributed by atoms with Crippen molar-refractivity contribution in [1.82, 2.24) is 5.32 Å². The van der Waals surface area contributed by atoms with Gasteiger partial charge in [-0.05, 0) is 23.8 Å². The van der Waals surface area contributed by atoms with Crippen LogP contribution in [-0.2, 0) is 4.74 Å². The Balaban J connectivity index is 2.27. The molecule has 0 unspecified atom stereocenters. The van der Waals surface area contributed by atoms with E-state index in [1.165, 1.54) is 12.1 Å². The molecule has 5 heteroatoms. The van der Waals surface area contributed by atoms with Crippen LogP contribution in [0.3, 0.4) is 0 Å². The summed E-state index contributed by atoms with van der Waals surface area (Å²) < 4.78 is 18.6. The van der Waals surface area contributed by atoms with Crippen molar-refractivity contribution in [3.8, 4) is 0 Å². The number of alkyl carbamates (subject to hydrolysis) is 1. The van der Waals surface area contributed by atoms with Gasteiger partial charge in [-0.2, -0.15) is 0 Å². The summed E-state index contributed by atoms with van der Waals surface area (Å²) in [5.41, 5.74) is 0.742. The van der Waals surface area contributed by atoms with E-state index < -0.39 is 6.09 Å². The number of cyclic esters (lactones) is 1. The third kappa shape index (κ3) is 2.28. The first-order valence-electron chi connectivity index (χ1n) is 4.55. The molecule has 15 heavy (non-hydrogen) atoms. The quantitative estimate of drug-likeness (QED) is 0.855. The Morgan fingerprint density at radius 1 is 1.53 bits per heavy atom.